The Morgan fingerprint density at radius 3 is 1.76 bits per heavy atom. The highest BCUT2D eigenvalue weighted by molar-refractivity contribution is 6.60. The molecule has 0 heterocycles. The molecule has 0 saturated heterocycles. The van der Waals surface area contributed by atoms with Crippen LogP contribution in [0.1, 0.15) is 27.2 Å². The average Bonchev–Trinajstić information content (AvgIpc) is 2.40. The molecule has 7 heteroatoms. The van der Waals surface area contributed by atoms with Crippen LogP contribution in [0.25, 0.3) is 0 Å². The first-order valence-corrected chi connectivity index (χ1v) is 9.66. The van der Waals surface area contributed by atoms with Gasteiger partial charge >= 0.3 is 8.80 Å². The standard InChI is InChI=1S/C14H33N3O3Si/c1-8-18-21(19-9-2,20-10-3)13-11-12-17(7)14(15-4)16(5)6/h8-13H2,1-7H3. The average molecular weight is 320 g/mol. The van der Waals surface area contributed by atoms with E-state index in [1.807, 2.05) is 53.9 Å². The van der Waals surface area contributed by atoms with Gasteiger partial charge in [0.25, 0.3) is 0 Å². The molecule has 0 aromatic rings. The van der Waals surface area contributed by atoms with Crippen molar-refractivity contribution >= 4 is 14.8 Å². The second kappa shape index (κ2) is 11.0. The zero-order chi connectivity index (χ0) is 16.3. The zero-order valence-electron chi connectivity index (χ0n) is 14.8. The normalized spacial score (nSPS) is 12.6. The summed E-state index contributed by atoms with van der Waals surface area (Å²) >= 11 is 0. The maximum absolute atomic E-state index is 5.86. The molecule has 0 aromatic heterocycles. The lowest BCUT2D eigenvalue weighted by molar-refractivity contribution is 0.0704. The summed E-state index contributed by atoms with van der Waals surface area (Å²) in [5, 5.41) is 0. The van der Waals surface area contributed by atoms with Crippen LogP contribution in [0.4, 0.5) is 0 Å². The van der Waals surface area contributed by atoms with E-state index in [0.717, 1.165) is 25.0 Å². The fraction of sp³-hybridized carbons (Fsp3) is 0.929. The molecule has 126 valence electrons. The van der Waals surface area contributed by atoms with Crippen LogP contribution in [0.15, 0.2) is 4.99 Å². The monoisotopic (exact) mass is 319 g/mol. The molecular weight excluding hydrogens is 286 g/mol. The van der Waals surface area contributed by atoms with Gasteiger partial charge in [0.15, 0.2) is 5.96 Å². The molecule has 0 aromatic carbocycles. The highest BCUT2D eigenvalue weighted by atomic mass is 28.4. The summed E-state index contributed by atoms with van der Waals surface area (Å²) in [6.45, 7) is 8.73. The van der Waals surface area contributed by atoms with E-state index in [0.29, 0.717) is 19.8 Å². The highest BCUT2D eigenvalue weighted by Gasteiger charge is 2.39. The first kappa shape index (κ1) is 20.4. The van der Waals surface area contributed by atoms with E-state index < -0.39 is 8.80 Å². The highest BCUT2D eigenvalue weighted by Crippen LogP contribution is 2.18. The summed E-state index contributed by atoms with van der Waals surface area (Å²) in [7, 11) is 5.34. The number of aliphatic imine (C=N–C) groups is 1. The number of guanidine groups is 1. The van der Waals surface area contributed by atoms with Gasteiger partial charge in [-0.2, -0.15) is 0 Å². The molecule has 0 saturated carbocycles. The van der Waals surface area contributed by atoms with E-state index in [1.165, 1.54) is 0 Å². The first-order chi connectivity index (χ1) is 9.96. The summed E-state index contributed by atoms with van der Waals surface area (Å²) < 4.78 is 17.6. The Kier molecular flexibility index (Phi) is 10.7. The van der Waals surface area contributed by atoms with E-state index in [-0.39, 0.29) is 0 Å². The van der Waals surface area contributed by atoms with Gasteiger partial charge in [-0.3, -0.25) is 4.99 Å². The minimum atomic E-state index is -2.51. The van der Waals surface area contributed by atoms with Crippen molar-refractivity contribution in [2.24, 2.45) is 4.99 Å². The van der Waals surface area contributed by atoms with Crippen molar-refractivity contribution in [1.29, 1.82) is 0 Å². The molecule has 0 aliphatic rings. The van der Waals surface area contributed by atoms with Crippen LogP contribution in [-0.2, 0) is 13.3 Å². The molecule has 0 aliphatic heterocycles. The van der Waals surface area contributed by atoms with Crippen molar-refractivity contribution in [2.45, 2.75) is 33.2 Å². The smallest absolute Gasteiger partial charge is 0.374 e. The number of hydrogen-bond donors (Lipinski definition) is 0. The molecule has 0 rings (SSSR count). The zero-order valence-corrected chi connectivity index (χ0v) is 15.8. The fourth-order valence-electron chi connectivity index (χ4n) is 2.35. The number of nitrogens with zero attached hydrogens (tertiary/aromatic N) is 3. The van der Waals surface area contributed by atoms with Gasteiger partial charge in [0, 0.05) is 60.6 Å². The van der Waals surface area contributed by atoms with Crippen LogP contribution in [0, 0.1) is 0 Å². The van der Waals surface area contributed by atoms with Crippen LogP contribution in [-0.4, -0.2) is 79.1 Å². The minimum absolute atomic E-state index is 0.626. The maximum atomic E-state index is 5.86. The van der Waals surface area contributed by atoms with Crippen molar-refractivity contribution in [3.8, 4) is 0 Å². The van der Waals surface area contributed by atoms with Crippen LogP contribution in [0.2, 0.25) is 6.04 Å². The van der Waals surface area contributed by atoms with Crippen molar-refractivity contribution in [3.05, 3.63) is 0 Å². The third kappa shape index (κ3) is 7.26. The second-order valence-corrected chi connectivity index (χ2v) is 7.66. The Hall–Kier alpha value is -0.633. The third-order valence-corrected chi connectivity index (χ3v) is 6.16. The number of rotatable bonds is 10. The summed E-state index contributed by atoms with van der Waals surface area (Å²) in [4.78, 5) is 8.45. The van der Waals surface area contributed by atoms with E-state index >= 15 is 0 Å². The Bertz CT molecular complexity index is 284. The van der Waals surface area contributed by atoms with Crippen LogP contribution in [0.5, 0.6) is 0 Å². The van der Waals surface area contributed by atoms with Crippen LogP contribution >= 0.6 is 0 Å². The third-order valence-electron chi connectivity index (χ3n) is 3.01. The molecule has 0 fully saturated rings. The van der Waals surface area contributed by atoms with Crippen LogP contribution in [0.3, 0.4) is 0 Å². The lowest BCUT2D eigenvalue weighted by Crippen LogP contribution is -2.47. The summed E-state index contributed by atoms with van der Waals surface area (Å²) in [6, 6.07) is 0.831. The Morgan fingerprint density at radius 2 is 1.43 bits per heavy atom. The van der Waals surface area contributed by atoms with Gasteiger partial charge < -0.3 is 23.1 Å². The van der Waals surface area contributed by atoms with Gasteiger partial charge in [-0.15, -0.1) is 0 Å². The van der Waals surface area contributed by atoms with Gasteiger partial charge in [0.2, 0.25) is 0 Å². The number of hydrogen-bond acceptors (Lipinski definition) is 4. The quantitative estimate of drug-likeness (QED) is 0.350. The topological polar surface area (TPSA) is 46.5 Å². The van der Waals surface area contributed by atoms with Crippen molar-refractivity contribution in [2.75, 3.05) is 54.6 Å². The summed E-state index contributed by atoms with van der Waals surface area (Å²) in [5.41, 5.74) is 0. The largest absolute Gasteiger partial charge is 0.500 e. The molecule has 21 heavy (non-hydrogen) atoms. The van der Waals surface area contributed by atoms with Crippen molar-refractivity contribution in [3.63, 3.8) is 0 Å². The predicted octanol–water partition coefficient (Wildman–Crippen LogP) is 1.90. The Labute approximate surface area is 131 Å². The van der Waals surface area contributed by atoms with Gasteiger partial charge in [-0.25, -0.2) is 0 Å². The molecule has 0 N–H and O–H groups in total. The predicted molar refractivity (Wildman–Crippen MR) is 89.7 cm³/mol. The van der Waals surface area contributed by atoms with E-state index in [4.69, 9.17) is 13.3 Å². The Balaban J connectivity index is 4.54. The minimum Gasteiger partial charge on any atom is -0.374 e. The SMILES string of the molecule is CCO[Si](CCCN(C)C(=NC)N(C)C)(OCC)OCC. The Morgan fingerprint density at radius 1 is 0.952 bits per heavy atom. The molecule has 0 bridgehead atoms. The fourth-order valence-corrected chi connectivity index (χ4v) is 4.94. The molecule has 0 aliphatic carbocycles. The molecule has 6 nitrogen and oxygen atoms in total. The molecule has 0 unspecified atom stereocenters. The van der Waals surface area contributed by atoms with Gasteiger partial charge in [0.1, 0.15) is 0 Å². The maximum Gasteiger partial charge on any atom is 0.500 e. The van der Waals surface area contributed by atoms with Crippen molar-refractivity contribution in [1.82, 2.24) is 9.80 Å². The molecule has 0 amide bonds. The van der Waals surface area contributed by atoms with E-state index in [9.17, 15) is 0 Å². The summed E-state index contributed by atoms with van der Waals surface area (Å²) in [5.74, 6) is 0.964. The van der Waals surface area contributed by atoms with Gasteiger partial charge in [-0.05, 0) is 27.2 Å². The summed E-state index contributed by atoms with van der Waals surface area (Å²) in [6.07, 6.45) is 0.954. The van der Waals surface area contributed by atoms with Crippen molar-refractivity contribution < 1.29 is 13.3 Å². The van der Waals surface area contributed by atoms with E-state index in [1.54, 1.807) is 0 Å². The first-order valence-electron chi connectivity index (χ1n) is 7.73. The van der Waals surface area contributed by atoms with Gasteiger partial charge in [-0.1, -0.05) is 0 Å². The lowest BCUT2D eigenvalue weighted by atomic mass is 10.4. The van der Waals surface area contributed by atoms with Crippen LogP contribution < -0.4 is 0 Å². The lowest BCUT2D eigenvalue weighted by Gasteiger charge is -2.30. The molecule has 0 atom stereocenters. The van der Waals surface area contributed by atoms with E-state index in [2.05, 4.69) is 9.89 Å². The second-order valence-electron chi connectivity index (χ2n) is 4.93. The molecule has 0 spiro atoms. The molecule has 0 radical (unpaired) electrons. The molecular formula is C14H33N3O3Si. The van der Waals surface area contributed by atoms with Gasteiger partial charge in [0.05, 0.1) is 0 Å².